The van der Waals surface area contributed by atoms with Crippen molar-refractivity contribution in [3.05, 3.63) is 84.3 Å². The molecule has 0 aliphatic heterocycles. The fraction of sp³-hybridized carbons (Fsp3) is 0.118. The Balaban J connectivity index is 1.99. The van der Waals surface area contributed by atoms with Crippen molar-refractivity contribution in [3.8, 4) is 5.75 Å². The molecule has 0 radical (unpaired) electrons. The molecule has 3 rings (SSSR count). The summed E-state index contributed by atoms with van der Waals surface area (Å²) in [5.41, 5.74) is 1.42. The van der Waals surface area contributed by atoms with Crippen molar-refractivity contribution in [2.45, 2.75) is 12.8 Å². The van der Waals surface area contributed by atoms with Crippen LogP contribution in [-0.4, -0.2) is 5.11 Å². The third-order valence-corrected chi connectivity index (χ3v) is 5.00. The van der Waals surface area contributed by atoms with Gasteiger partial charge in [-0.1, -0.05) is 24.3 Å². The van der Waals surface area contributed by atoms with Gasteiger partial charge in [-0.3, -0.25) is 4.79 Å². The molecule has 1 N–H and O–H groups in total. The number of aromatic hydroxyl groups is 1. The molecule has 0 saturated carbocycles. The molecule has 3 aromatic rings. The monoisotopic (exact) mass is 314 g/mol. The van der Waals surface area contributed by atoms with Crippen LogP contribution in [0.1, 0.15) is 20.9 Å². The summed E-state index contributed by atoms with van der Waals surface area (Å²) in [6.07, 6.45) is 1.37. The van der Waals surface area contributed by atoms with Crippen molar-refractivity contribution < 1.29 is 5.11 Å². The van der Waals surface area contributed by atoms with Crippen LogP contribution in [0.15, 0.2) is 58.0 Å². The predicted octanol–water partition coefficient (Wildman–Crippen LogP) is 4.06. The van der Waals surface area contributed by atoms with Crippen molar-refractivity contribution in [1.29, 1.82) is 0 Å². The maximum absolute atomic E-state index is 11.9. The van der Waals surface area contributed by atoms with Crippen molar-refractivity contribution in [3.63, 3.8) is 0 Å². The molecule has 0 aliphatic rings. The molecule has 0 aliphatic carbocycles. The van der Waals surface area contributed by atoms with E-state index in [1.165, 1.54) is 10.9 Å². The molecular weight excluding hydrogens is 300 g/mol. The van der Waals surface area contributed by atoms with Gasteiger partial charge in [-0.05, 0) is 34.5 Å². The van der Waals surface area contributed by atoms with Crippen LogP contribution >= 0.6 is 22.7 Å². The molecule has 2 nitrogen and oxygen atoms in total. The van der Waals surface area contributed by atoms with Gasteiger partial charge in [0.2, 0.25) is 5.43 Å². The molecule has 0 saturated heterocycles. The van der Waals surface area contributed by atoms with E-state index in [4.69, 9.17) is 0 Å². The largest absolute Gasteiger partial charge is 0.504 e. The van der Waals surface area contributed by atoms with Gasteiger partial charge in [-0.15, -0.1) is 22.7 Å². The highest BCUT2D eigenvalue weighted by molar-refractivity contribution is 7.10. The second-order valence-electron chi connectivity index (χ2n) is 4.80. The van der Waals surface area contributed by atoms with Crippen molar-refractivity contribution in [1.82, 2.24) is 0 Å². The summed E-state index contributed by atoms with van der Waals surface area (Å²) in [4.78, 5) is 14.3. The molecule has 21 heavy (non-hydrogen) atoms. The summed E-state index contributed by atoms with van der Waals surface area (Å²) < 4.78 is 0. The van der Waals surface area contributed by atoms with Crippen molar-refractivity contribution in [2.24, 2.45) is 0 Å². The van der Waals surface area contributed by atoms with Gasteiger partial charge in [0.05, 0.1) is 0 Å². The van der Waals surface area contributed by atoms with Crippen LogP contribution in [0.4, 0.5) is 0 Å². The molecule has 106 valence electrons. The van der Waals surface area contributed by atoms with E-state index in [9.17, 15) is 9.90 Å². The zero-order valence-electron chi connectivity index (χ0n) is 11.3. The van der Waals surface area contributed by atoms with Gasteiger partial charge in [0.15, 0.2) is 5.75 Å². The Labute approximate surface area is 131 Å². The SMILES string of the molecule is O=c1ccc(Cc2cccs2)cc(Cc2cccs2)c1O. The second-order valence-corrected chi connectivity index (χ2v) is 6.87. The molecule has 0 spiro atoms. The van der Waals surface area contributed by atoms with E-state index in [1.807, 2.05) is 35.0 Å². The summed E-state index contributed by atoms with van der Waals surface area (Å²) in [5.74, 6) is -0.138. The molecule has 2 aromatic heterocycles. The smallest absolute Gasteiger partial charge is 0.220 e. The molecule has 0 amide bonds. The van der Waals surface area contributed by atoms with E-state index in [0.29, 0.717) is 12.0 Å². The molecule has 0 fully saturated rings. The Hall–Kier alpha value is -1.91. The topological polar surface area (TPSA) is 37.3 Å². The highest BCUT2D eigenvalue weighted by Gasteiger charge is 2.08. The van der Waals surface area contributed by atoms with E-state index >= 15 is 0 Å². The van der Waals surface area contributed by atoms with Crippen LogP contribution in [0.3, 0.4) is 0 Å². The van der Waals surface area contributed by atoms with E-state index < -0.39 is 0 Å². The molecular formula is C17H14O2S2. The lowest BCUT2D eigenvalue weighted by Crippen LogP contribution is -1.96. The third kappa shape index (κ3) is 3.40. The zero-order chi connectivity index (χ0) is 14.7. The van der Waals surface area contributed by atoms with Crippen LogP contribution in [0.5, 0.6) is 5.75 Å². The van der Waals surface area contributed by atoms with Gasteiger partial charge in [0.1, 0.15) is 0 Å². The first-order valence-electron chi connectivity index (χ1n) is 6.62. The number of rotatable bonds is 4. The van der Waals surface area contributed by atoms with Crippen LogP contribution < -0.4 is 5.43 Å². The first-order valence-corrected chi connectivity index (χ1v) is 8.38. The van der Waals surface area contributed by atoms with Crippen LogP contribution in [0.2, 0.25) is 0 Å². The van der Waals surface area contributed by atoms with Gasteiger partial charge < -0.3 is 5.11 Å². The fourth-order valence-corrected chi connectivity index (χ4v) is 3.69. The van der Waals surface area contributed by atoms with Crippen molar-refractivity contribution in [2.75, 3.05) is 0 Å². The van der Waals surface area contributed by atoms with E-state index in [-0.39, 0.29) is 11.2 Å². The Bertz CT molecular complexity index is 775. The predicted molar refractivity (Wildman–Crippen MR) is 88.6 cm³/mol. The Morgan fingerprint density at radius 1 is 0.905 bits per heavy atom. The molecule has 0 bridgehead atoms. The summed E-state index contributed by atoms with van der Waals surface area (Å²) >= 11 is 3.32. The van der Waals surface area contributed by atoms with E-state index in [0.717, 1.165) is 16.9 Å². The number of thiophene rings is 2. The maximum atomic E-state index is 11.9. The molecule has 2 heterocycles. The van der Waals surface area contributed by atoms with E-state index in [2.05, 4.69) is 6.07 Å². The summed E-state index contributed by atoms with van der Waals surface area (Å²) in [7, 11) is 0. The van der Waals surface area contributed by atoms with Gasteiger partial charge in [-0.25, -0.2) is 0 Å². The summed E-state index contributed by atoms with van der Waals surface area (Å²) in [6, 6.07) is 13.3. The standard InChI is InChI=1S/C17H14O2S2/c18-16-6-5-12(10-14-3-1-7-20-14)9-13(17(16)19)11-15-4-2-8-21-15/h1-9H,10-11H2,(H,18,19). The first kappa shape index (κ1) is 14.0. The van der Waals surface area contributed by atoms with Gasteiger partial charge in [-0.2, -0.15) is 0 Å². The molecule has 4 heteroatoms. The zero-order valence-corrected chi connectivity index (χ0v) is 12.9. The average Bonchev–Trinajstić information content (AvgIpc) is 3.13. The Morgan fingerprint density at radius 3 is 2.19 bits per heavy atom. The lowest BCUT2D eigenvalue weighted by atomic mass is 10.1. The lowest BCUT2D eigenvalue weighted by molar-refractivity contribution is 0.465. The third-order valence-electron chi connectivity index (χ3n) is 3.25. The van der Waals surface area contributed by atoms with Crippen LogP contribution in [-0.2, 0) is 12.8 Å². The second kappa shape index (κ2) is 6.24. The van der Waals surface area contributed by atoms with Gasteiger partial charge >= 0.3 is 0 Å². The summed E-state index contributed by atoms with van der Waals surface area (Å²) in [6.45, 7) is 0. The number of hydrogen-bond donors (Lipinski definition) is 1. The number of hydrogen-bond acceptors (Lipinski definition) is 4. The average molecular weight is 314 g/mol. The van der Waals surface area contributed by atoms with Crippen molar-refractivity contribution >= 4 is 22.7 Å². The quantitative estimate of drug-likeness (QED) is 0.788. The minimum Gasteiger partial charge on any atom is -0.504 e. The lowest BCUT2D eigenvalue weighted by Gasteiger charge is -2.01. The highest BCUT2D eigenvalue weighted by Crippen LogP contribution is 2.22. The molecule has 0 atom stereocenters. The van der Waals surface area contributed by atoms with Crippen LogP contribution in [0, 0.1) is 0 Å². The highest BCUT2D eigenvalue weighted by atomic mass is 32.1. The Kier molecular flexibility index (Phi) is 4.18. The molecule has 1 aromatic carbocycles. The minimum absolute atomic E-state index is 0.138. The first-order chi connectivity index (χ1) is 10.2. The van der Waals surface area contributed by atoms with Gasteiger partial charge in [0, 0.05) is 28.2 Å². The Morgan fingerprint density at radius 2 is 1.57 bits per heavy atom. The van der Waals surface area contributed by atoms with Crippen LogP contribution in [0.25, 0.3) is 0 Å². The molecule has 0 unspecified atom stereocenters. The maximum Gasteiger partial charge on any atom is 0.220 e. The van der Waals surface area contributed by atoms with Gasteiger partial charge in [0.25, 0.3) is 0 Å². The van der Waals surface area contributed by atoms with E-state index in [1.54, 1.807) is 28.7 Å². The fourth-order valence-electron chi connectivity index (χ4n) is 2.22. The normalized spacial score (nSPS) is 10.7. The minimum atomic E-state index is -0.320. The summed E-state index contributed by atoms with van der Waals surface area (Å²) in [5, 5.41) is 14.1.